The van der Waals surface area contributed by atoms with E-state index >= 15 is 0 Å². The van der Waals surface area contributed by atoms with Crippen molar-refractivity contribution in [3.8, 4) is 0 Å². The molecule has 0 N–H and O–H groups in total. The van der Waals surface area contributed by atoms with Gasteiger partial charge in [-0.25, -0.2) is 0 Å². The summed E-state index contributed by atoms with van der Waals surface area (Å²) >= 11 is 0. The molecule has 1 aromatic rings. The second-order valence-electron chi connectivity index (χ2n) is 4.58. The highest BCUT2D eigenvalue weighted by Crippen LogP contribution is 2.36. The van der Waals surface area contributed by atoms with Crippen LogP contribution in [-0.2, 0) is 15.1 Å². The molecular formula is C13H16O2. The van der Waals surface area contributed by atoms with Crippen LogP contribution in [0.15, 0.2) is 18.2 Å². The van der Waals surface area contributed by atoms with Gasteiger partial charge in [-0.15, -0.1) is 0 Å². The van der Waals surface area contributed by atoms with Crippen LogP contribution in [0.5, 0.6) is 0 Å². The van der Waals surface area contributed by atoms with Gasteiger partial charge in [-0.05, 0) is 26.3 Å². The van der Waals surface area contributed by atoms with Crippen LogP contribution in [0.1, 0.15) is 36.5 Å². The molecule has 0 aliphatic carbocycles. The third-order valence-electron chi connectivity index (χ3n) is 2.98. The zero-order valence-corrected chi connectivity index (χ0v) is 9.46. The highest BCUT2D eigenvalue weighted by atomic mass is 16.6. The van der Waals surface area contributed by atoms with E-state index in [1.54, 1.807) is 0 Å². The first-order valence-electron chi connectivity index (χ1n) is 5.30. The molecule has 1 saturated heterocycles. The maximum Gasteiger partial charge on any atom is 0.306 e. The average molecular weight is 204 g/mol. The molecule has 15 heavy (non-hydrogen) atoms. The van der Waals surface area contributed by atoms with Gasteiger partial charge in [0.2, 0.25) is 0 Å². The topological polar surface area (TPSA) is 26.3 Å². The predicted octanol–water partition coefficient (Wildman–Crippen LogP) is 2.86. The molecule has 1 aromatic carbocycles. The van der Waals surface area contributed by atoms with Gasteiger partial charge in [0.05, 0.1) is 0 Å². The van der Waals surface area contributed by atoms with Crippen LogP contribution in [-0.4, -0.2) is 5.97 Å². The molecular weight excluding hydrogens is 188 g/mol. The molecule has 1 heterocycles. The van der Waals surface area contributed by atoms with Crippen LogP contribution in [0.4, 0.5) is 0 Å². The molecule has 2 heteroatoms. The molecule has 0 spiro atoms. The second kappa shape index (κ2) is 3.37. The average Bonchev–Trinajstić information content (AvgIpc) is 2.46. The van der Waals surface area contributed by atoms with Gasteiger partial charge in [-0.2, -0.15) is 0 Å². The summed E-state index contributed by atoms with van der Waals surface area (Å²) in [6.45, 7) is 6.12. The molecule has 80 valence electrons. The fourth-order valence-corrected chi connectivity index (χ4v) is 2.18. The first-order valence-corrected chi connectivity index (χ1v) is 5.30. The van der Waals surface area contributed by atoms with Crippen molar-refractivity contribution in [3.63, 3.8) is 0 Å². The van der Waals surface area contributed by atoms with Gasteiger partial charge in [-0.3, -0.25) is 4.79 Å². The summed E-state index contributed by atoms with van der Waals surface area (Å²) in [6.07, 6.45) is 1.32. The first kappa shape index (κ1) is 10.2. The van der Waals surface area contributed by atoms with Crippen LogP contribution >= 0.6 is 0 Å². The molecule has 1 fully saturated rings. The Morgan fingerprint density at radius 1 is 1.20 bits per heavy atom. The Balaban J connectivity index is 2.40. The first-order chi connectivity index (χ1) is 6.99. The largest absolute Gasteiger partial charge is 0.454 e. The third kappa shape index (κ3) is 1.89. The Kier molecular flexibility index (Phi) is 2.29. The van der Waals surface area contributed by atoms with Crippen molar-refractivity contribution < 1.29 is 9.53 Å². The van der Waals surface area contributed by atoms with E-state index in [0.717, 1.165) is 12.0 Å². The number of cyclic esters (lactones) is 1. The number of hydrogen-bond acceptors (Lipinski definition) is 2. The van der Waals surface area contributed by atoms with Gasteiger partial charge in [-0.1, -0.05) is 29.3 Å². The lowest BCUT2D eigenvalue weighted by Crippen LogP contribution is -2.21. The lowest BCUT2D eigenvalue weighted by molar-refractivity contribution is -0.147. The summed E-state index contributed by atoms with van der Waals surface area (Å²) in [5.74, 6) is -0.0864. The summed E-state index contributed by atoms with van der Waals surface area (Å²) in [6, 6.07) is 6.33. The van der Waals surface area contributed by atoms with Gasteiger partial charge in [0, 0.05) is 12.8 Å². The predicted molar refractivity (Wildman–Crippen MR) is 58.6 cm³/mol. The summed E-state index contributed by atoms with van der Waals surface area (Å²) in [7, 11) is 0. The minimum Gasteiger partial charge on any atom is -0.454 e. The van der Waals surface area contributed by atoms with Crippen LogP contribution in [0, 0.1) is 13.8 Å². The molecule has 0 radical (unpaired) electrons. The van der Waals surface area contributed by atoms with E-state index in [9.17, 15) is 4.79 Å². The number of rotatable bonds is 1. The highest BCUT2D eigenvalue weighted by Gasteiger charge is 2.37. The maximum absolute atomic E-state index is 11.2. The summed E-state index contributed by atoms with van der Waals surface area (Å²) in [5.41, 5.74) is 3.14. The van der Waals surface area contributed by atoms with Crippen LogP contribution in [0.2, 0.25) is 0 Å². The summed E-state index contributed by atoms with van der Waals surface area (Å²) < 4.78 is 5.41. The number of aryl methyl sites for hydroxylation is 2. The number of carbonyl (C=O) groups is 1. The lowest BCUT2D eigenvalue weighted by atomic mass is 9.90. The van der Waals surface area contributed by atoms with Crippen LogP contribution in [0.3, 0.4) is 0 Å². The van der Waals surface area contributed by atoms with E-state index < -0.39 is 5.60 Å². The van der Waals surface area contributed by atoms with Crippen LogP contribution in [0.25, 0.3) is 0 Å². The Morgan fingerprint density at radius 2 is 1.80 bits per heavy atom. The molecule has 1 atom stereocenters. The SMILES string of the molecule is Cc1cc(C)cc(C2(C)CCC(=O)O2)c1. The van der Waals surface area contributed by atoms with Crippen molar-refractivity contribution in [2.24, 2.45) is 0 Å². The van der Waals surface area contributed by atoms with Gasteiger partial charge in [0.15, 0.2) is 0 Å². The molecule has 0 saturated carbocycles. The summed E-state index contributed by atoms with van der Waals surface area (Å²) in [4.78, 5) is 11.2. The van der Waals surface area contributed by atoms with Gasteiger partial charge >= 0.3 is 5.97 Å². The molecule has 1 aliphatic rings. The minimum atomic E-state index is -0.409. The Labute approximate surface area is 90.3 Å². The fraction of sp³-hybridized carbons (Fsp3) is 0.462. The Morgan fingerprint density at radius 3 is 2.27 bits per heavy atom. The van der Waals surface area contributed by atoms with Gasteiger partial charge in [0.25, 0.3) is 0 Å². The molecule has 1 aliphatic heterocycles. The van der Waals surface area contributed by atoms with Crippen molar-refractivity contribution in [2.75, 3.05) is 0 Å². The Bertz CT molecular complexity index is 389. The Hall–Kier alpha value is -1.31. The van der Waals surface area contributed by atoms with Crippen molar-refractivity contribution >= 4 is 5.97 Å². The lowest BCUT2D eigenvalue weighted by Gasteiger charge is -2.24. The van der Waals surface area contributed by atoms with E-state index in [-0.39, 0.29) is 5.97 Å². The van der Waals surface area contributed by atoms with Gasteiger partial charge in [0.1, 0.15) is 5.60 Å². The normalized spacial score (nSPS) is 25.4. The monoisotopic (exact) mass is 204 g/mol. The number of hydrogen-bond donors (Lipinski definition) is 0. The molecule has 1 unspecified atom stereocenters. The van der Waals surface area contributed by atoms with E-state index in [2.05, 4.69) is 32.0 Å². The standard InChI is InChI=1S/C13H16O2/c1-9-6-10(2)8-11(7-9)13(3)5-4-12(14)15-13/h6-8H,4-5H2,1-3H3. The van der Waals surface area contributed by atoms with Gasteiger partial charge < -0.3 is 4.74 Å². The van der Waals surface area contributed by atoms with E-state index in [4.69, 9.17) is 4.74 Å². The highest BCUT2D eigenvalue weighted by molar-refractivity contribution is 5.72. The third-order valence-corrected chi connectivity index (χ3v) is 2.98. The van der Waals surface area contributed by atoms with E-state index in [1.807, 2.05) is 6.92 Å². The number of esters is 1. The smallest absolute Gasteiger partial charge is 0.306 e. The number of benzene rings is 1. The maximum atomic E-state index is 11.2. The summed E-state index contributed by atoms with van der Waals surface area (Å²) in [5, 5.41) is 0. The minimum absolute atomic E-state index is 0.0864. The van der Waals surface area contributed by atoms with Crippen molar-refractivity contribution in [1.82, 2.24) is 0 Å². The number of carbonyl (C=O) groups excluding carboxylic acids is 1. The van der Waals surface area contributed by atoms with Crippen LogP contribution < -0.4 is 0 Å². The van der Waals surface area contributed by atoms with E-state index in [0.29, 0.717) is 6.42 Å². The molecule has 2 nitrogen and oxygen atoms in total. The van der Waals surface area contributed by atoms with Crippen molar-refractivity contribution in [1.29, 1.82) is 0 Å². The van der Waals surface area contributed by atoms with Crippen molar-refractivity contribution in [2.45, 2.75) is 39.2 Å². The molecule has 0 bridgehead atoms. The quantitative estimate of drug-likeness (QED) is 0.657. The zero-order valence-electron chi connectivity index (χ0n) is 9.46. The molecule has 0 amide bonds. The molecule has 2 rings (SSSR count). The second-order valence-corrected chi connectivity index (χ2v) is 4.58. The fourth-order valence-electron chi connectivity index (χ4n) is 2.18. The van der Waals surface area contributed by atoms with E-state index in [1.165, 1.54) is 11.1 Å². The van der Waals surface area contributed by atoms with Crippen molar-refractivity contribution in [3.05, 3.63) is 34.9 Å². The zero-order chi connectivity index (χ0) is 11.1. The number of ether oxygens (including phenoxy) is 1. The molecule has 0 aromatic heterocycles.